The number of methoxy groups -OCH3 is 1. The van der Waals surface area contributed by atoms with Gasteiger partial charge in [-0.1, -0.05) is 0 Å². The van der Waals surface area contributed by atoms with E-state index in [1.165, 1.54) is 26.2 Å². The fourth-order valence-corrected chi connectivity index (χ4v) is 4.55. The summed E-state index contributed by atoms with van der Waals surface area (Å²) in [5.74, 6) is -1.06. The van der Waals surface area contributed by atoms with Gasteiger partial charge in [0, 0.05) is 11.8 Å². The Hall–Kier alpha value is -1.41. The fraction of sp³-hybridized carbons (Fsp3) is 0.462. The average Bonchev–Trinajstić information content (AvgIpc) is 2.43. The number of Topliss-reactive ketones (excluding diaryl/α,β-unsaturated/α-hetero) is 1. The predicted molar refractivity (Wildman–Crippen MR) is 80.3 cm³/mol. The van der Waals surface area contributed by atoms with Crippen molar-refractivity contribution in [3.8, 4) is 5.75 Å². The fourth-order valence-electron chi connectivity index (χ4n) is 1.60. The summed E-state index contributed by atoms with van der Waals surface area (Å²) in [5.41, 5.74) is 0.242. The minimum Gasteiger partial charge on any atom is -0.497 e. The van der Waals surface area contributed by atoms with Crippen LogP contribution < -0.4 is 4.74 Å². The van der Waals surface area contributed by atoms with Gasteiger partial charge in [-0.05, 0) is 31.2 Å². The second-order valence-corrected chi connectivity index (χ2v) is 9.43. The molecule has 0 heterocycles. The van der Waals surface area contributed by atoms with Crippen LogP contribution in [0.2, 0.25) is 0 Å². The number of carbonyl (C=O) groups is 1. The van der Waals surface area contributed by atoms with Crippen LogP contribution in [0.4, 0.5) is 0 Å². The number of sulfone groups is 2. The lowest BCUT2D eigenvalue weighted by Crippen LogP contribution is -2.31. The van der Waals surface area contributed by atoms with E-state index in [1.807, 2.05) is 0 Å². The maximum absolute atomic E-state index is 12.1. The van der Waals surface area contributed by atoms with Crippen molar-refractivity contribution in [3.05, 3.63) is 29.8 Å². The van der Waals surface area contributed by atoms with Gasteiger partial charge in [-0.25, -0.2) is 16.8 Å². The van der Waals surface area contributed by atoms with Gasteiger partial charge in [0.2, 0.25) is 0 Å². The number of ketones is 1. The third kappa shape index (κ3) is 5.13. The van der Waals surface area contributed by atoms with Crippen molar-refractivity contribution in [2.45, 2.75) is 12.2 Å². The van der Waals surface area contributed by atoms with E-state index >= 15 is 0 Å². The van der Waals surface area contributed by atoms with Crippen LogP contribution in [0.3, 0.4) is 0 Å². The second-order valence-electron chi connectivity index (χ2n) is 4.73. The van der Waals surface area contributed by atoms with Crippen LogP contribution in [0.5, 0.6) is 5.75 Å². The molecule has 1 aromatic carbocycles. The molecule has 0 bridgehead atoms. The molecule has 0 N–H and O–H groups in total. The van der Waals surface area contributed by atoms with E-state index in [2.05, 4.69) is 0 Å². The Bertz CT molecular complexity index is 702. The van der Waals surface area contributed by atoms with Crippen LogP contribution in [-0.4, -0.2) is 52.7 Å². The van der Waals surface area contributed by atoms with E-state index in [4.69, 9.17) is 4.74 Å². The lowest BCUT2D eigenvalue weighted by molar-refractivity contribution is 0.0991. The summed E-state index contributed by atoms with van der Waals surface area (Å²) in [4.78, 5) is 12.1. The van der Waals surface area contributed by atoms with Crippen LogP contribution in [0.15, 0.2) is 24.3 Å². The van der Waals surface area contributed by atoms with E-state index in [0.29, 0.717) is 5.75 Å². The SMILES string of the molecule is COc1ccc(C(=O)C(C)S(=O)(=O)CCS(C)(=O)=O)cc1. The highest BCUT2D eigenvalue weighted by Crippen LogP contribution is 2.16. The van der Waals surface area contributed by atoms with E-state index < -0.39 is 42.2 Å². The molecule has 1 atom stereocenters. The maximum atomic E-state index is 12.1. The summed E-state index contributed by atoms with van der Waals surface area (Å²) in [6.45, 7) is 1.27. The minimum absolute atomic E-state index is 0.242. The molecule has 1 aromatic rings. The van der Waals surface area contributed by atoms with Crippen molar-refractivity contribution in [1.82, 2.24) is 0 Å². The Morgan fingerprint density at radius 1 is 1.10 bits per heavy atom. The molecule has 0 saturated carbocycles. The van der Waals surface area contributed by atoms with Gasteiger partial charge in [0.05, 0.1) is 18.6 Å². The highest BCUT2D eigenvalue weighted by molar-refractivity contribution is 7.95. The summed E-state index contributed by atoms with van der Waals surface area (Å²) in [6.07, 6.45) is 0.957. The van der Waals surface area contributed by atoms with Crippen molar-refractivity contribution < 1.29 is 26.4 Å². The van der Waals surface area contributed by atoms with Gasteiger partial charge < -0.3 is 4.74 Å². The Morgan fingerprint density at radius 3 is 2.05 bits per heavy atom. The Morgan fingerprint density at radius 2 is 1.62 bits per heavy atom. The van der Waals surface area contributed by atoms with Crippen molar-refractivity contribution >= 4 is 25.5 Å². The third-order valence-corrected chi connectivity index (χ3v) is 6.29. The monoisotopic (exact) mass is 334 g/mol. The zero-order chi connectivity index (χ0) is 16.3. The number of ether oxygens (including phenoxy) is 1. The quantitative estimate of drug-likeness (QED) is 0.682. The maximum Gasteiger partial charge on any atom is 0.180 e. The molecule has 0 aromatic heterocycles. The third-order valence-electron chi connectivity index (χ3n) is 3.02. The number of carbonyl (C=O) groups excluding carboxylic acids is 1. The van der Waals surface area contributed by atoms with E-state index in [-0.39, 0.29) is 5.56 Å². The van der Waals surface area contributed by atoms with E-state index in [9.17, 15) is 21.6 Å². The molecule has 118 valence electrons. The number of hydrogen-bond acceptors (Lipinski definition) is 6. The number of hydrogen-bond donors (Lipinski definition) is 0. The molecule has 1 unspecified atom stereocenters. The van der Waals surface area contributed by atoms with Gasteiger partial charge in [-0.2, -0.15) is 0 Å². The van der Waals surface area contributed by atoms with Gasteiger partial charge in [0.25, 0.3) is 0 Å². The molecule has 0 aliphatic rings. The normalized spacial score (nSPS) is 13.7. The predicted octanol–water partition coefficient (Wildman–Crippen LogP) is 0.726. The molecular formula is C13H18O6S2. The zero-order valence-electron chi connectivity index (χ0n) is 12.1. The van der Waals surface area contributed by atoms with Gasteiger partial charge in [-0.3, -0.25) is 4.79 Å². The molecule has 1 rings (SSSR count). The first-order valence-electron chi connectivity index (χ1n) is 6.14. The largest absolute Gasteiger partial charge is 0.497 e. The summed E-state index contributed by atoms with van der Waals surface area (Å²) in [5, 5.41) is -1.28. The van der Waals surface area contributed by atoms with Crippen molar-refractivity contribution in [3.63, 3.8) is 0 Å². The molecule has 0 fully saturated rings. The first kappa shape index (κ1) is 17.6. The summed E-state index contributed by atoms with van der Waals surface area (Å²) in [6, 6.07) is 6.07. The van der Waals surface area contributed by atoms with Crippen LogP contribution in [-0.2, 0) is 19.7 Å². The molecule has 0 saturated heterocycles. The Kier molecular flexibility index (Phi) is 5.52. The first-order chi connectivity index (χ1) is 9.57. The van der Waals surface area contributed by atoms with Crippen LogP contribution >= 0.6 is 0 Å². The highest BCUT2D eigenvalue weighted by atomic mass is 32.2. The average molecular weight is 334 g/mol. The minimum atomic E-state index is -3.82. The zero-order valence-corrected chi connectivity index (χ0v) is 13.7. The van der Waals surface area contributed by atoms with Crippen molar-refractivity contribution in [2.75, 3.05) is 24.9 Å². The summed E-state index contributed by atoms with van der Waals surface area (Å²) < 4.78 is 51.1. The molecule has 21 heavy (non-hydrogen) atoms. The summed E-state index contributed by atoms with van der Waals surface area (Å²) >= 11 is 0. The molecule has 0 amide bonds. The van der Waals surface area contributed by atoms with Gasteiger partial charge >= 0.3 is 0 Å². The Balaban J connectivity index is 2.90. The van der Waals surface area contributed by atoms with Gasteiger partial charge in [-0.15, -0.1) is 0 Å². The van der Waals surface area contributed by atoms with Gasteiger partial charge in [0.1, 0.15) is 20.8 Å². The van der Waals surface area contributed by atoms with Gasteiger partial charge in [0.15, 0.2) is 15.6 Å². The topological polar surface area (TPSA) is 94.6 Å². The number of benzene rings is 1. The molecular weight excluding hydrogens is 316 g/mol. The molecule has 0 aliphatic carbocycles. The van der Waals surface area contributed by atoms with Crippen molar-refractivity contribution in [2.24, 2.45) is 0 Å². The standard InChI is InChI=1S/C13H18O6S2/c1-10(21(17,18)9-8-20(3,15)16)13(14)11-4-6-12(19-2)7-5-11/h4-7,10H,8-9H2,1-3H3. The Labute approximate surface area is 125 Å². The second kappa shape index (κ2) is 6.57. The summed E-state index contributed by atoms with van der Waals surface area (Å²) in [7, 11) is -5.73. The lowest BCUT2D eigenvalue weighted by Gasteiger charge is -2.12. The molecule has 6 nitrogen and oxygen atoms in total. The number of rotatable bonds is 7. The molecule has 0 spiro atoms. The first-order valence-corrected chi connectivity index (χ1v) is 9.92. The molecule has 8 heteroatoms. The van der Waals surface area contributed by atoms with E-state index in [0.717, 1.165) is 6.26 Å². The lowest BCUT2D eigenvalue weighted by atomic mass is 10.1. The van der Waals surface area contributed by atoms with E-state index in [1.54, 1.807) is 12.1 Å². The molecule has 0 aliphatic heterocycles. The van der Waals surface area contributed by atoms with Crippen molar-refractivity contribution in [1.29, 1.82) is 0 Å². The highest BCUT2D eigenvalue weighted by Gasteiger charge is 2.29. The van der Waals surface area contributed by atoms with Crippen LogP contribution in [0.25, 0.3) is 0 Å². The van der Waals surface area contributed by atoms with Crippen LogP contribution in [0, 0.1) is 0 Å². The van der Waals surface area contributed by atoms with Crippen LogP contribution in [0.1, 0.15) is 17.3 Å². The smallest absolute Gasteiger partial charge is 0.180 e. The molecule has 0 radical (unpaired) electrons.